The zero-order chi connectivity index (χ0) is 15.9. The molecule has 0 N–H and O–H groups in total. The quantitative estimate of drug-likeness (QED) is 0.347. The van der Waals surface area contributed by atoms with Crippen LogP contribution in [0, 0.1) is 10.1 Å². The lowest BCUT2D eigenvalue weighted by Gasteiger charge is -2.38. The summed E-state index contributed by atoms with van der Waals surface area (Å²) in [7, 11) is 0. The van der Waals surface area contributed by atoms with E-state index in [1.54, 1.807) is 6.07 Å². The Morgan fingerprint density at radius 3 is 2.64 bits per heavy atom. The first-order valence-electron chi connectivity index (χ1n) is 7.37. The largest absolute Gasteiger partial charge is 0.479 e. The summed E-state index contributed by atoms with van der Waals surface area (Å²) in [5.41, 5.74) is -0.0328. The Morgan fingerprint density at radius 2 is 2.05 bits per heavy atom. The Kier molecular flexibility index (Phi) is 3.80. The lowest BCUT2D eigenvalue weighted by atomic mass is 9.91. The molecule has 0 amide bonds. The van der Waals surface area contributed by atoms with Gasteiger partial charge in [-0.1, -0.05) is 0 Å². The SMILES string of the molecule is CCOC(OCC)[C@@]1(C)Oc2ccc([N+](=O)[O-])cc2[C@@H]2O[C@@H]21. The summed E-state index contributed by atoms with van der Waals surface area (Å²) in [4.78, 5) is 10.5. The number of nitro benzene ring substituents is 1. The Hall–Kier alpha value is -1.70. The second-order valence-corrected chi connectivity index (χ2v) is 5.49. The Balaban J connectivity index is 1.92. The van der Waals surface area contributed by atoms with Crippen LogP contribution in [0.1, 0.15) is 32.4 Å². The normalized spacial score (nSPS) is 28.7. The maximum atomic E-state index is 10.9. The first-order chi connectivity index (χ1) is 10.5. The highest BCUT2D eigenvalue weighted by molar-refractivity contribution is 5.49. The molecule has 7 nitrogen and oxygen atoms in total. The fourth-order valence-electron chi connectivity index (χ4n) is 2.91. The van der Waals surface area contributed by atoms with E-state index in [9.17, 15) is 10.1 Å². The number of non-ortho nitro benzene ring substituents is 1. The van der Waals surface area contributed by atoms with Crippen LogP contribution < -0.4 is 4.74 Å². The fourth-order valence-corrected chi connectivity index (χ4v) is 2.91. The molecule has 1 fully saturated rings. The molecule has 1 aromatic carbocycles. The molecule has 1 aromatic rings. The summed E-state index contributed by atoms with van der Waals surface area (Å²) in [6.45, 7) is 6.65. The maximum Gasteiger partial charge on any atom is 0.270 e. The lowest BCUT2D eigenvalue weighted by Crippen LogP contribution is -2.54. The molecule has 120 valence electrons. The van der Waals surface area contributed by atoms with Crippen molar-refractivity contribution in [2.24, 2.45) is 0 Å². The molecular weight excluding hydrogens is 290 g/mol. The van der Waals surface area contributed by atoms with Crippen LogP contribution in [0.2, 0.25) is 0 Å². The van der Waals surface area contributed by atoms with Gasteiger partial charge < -0.3 is 18.9 Å². The van der Waals surface area contributed by atoms with Gasteiger partial charge in [0.1, 0.15) is 18.0 Å². The molecule has 3 atom stereocenters. The molecule has 0 unspecified atom stereocenters. The number of nitro groups is 1. The van der Waals surface area contributed by atoms with Crippen molar-refractivity contribution in [2.45, 2.75) is 44.9 Å². The number of hydrogen-bond donors (Lipinski definition) is 0. The van der Waals surface area contributed by atoms with Crippen molar-refractivity contribution in [1.82, 2.24) is 0 Å². The van der Waals surface area contributed by atoms with E-state index in [0.717, 1.165) is 0 Å². The second kappa shape index (κ2) is 5.49. The fraction of sp³-hybridized carbons (Fsp3) is 0.600. The molecule has 2 aliphatic heterocycles. The minimum atomic E-state index is -0.778. The molecule has 7 heteroatoms. The van der Waals surface area contributed by atoms with Crippen molar-refractivity contribution in [3.05, 3.63) is 33.9 Å². The van der Waals surface area contributed by atoms with E-state index in [1.807, 2.05) is 20.8 Å². The van der Waals surface area contributed by atoms with Gasteiger partial charge in [-0.25, -0.2) is 0 Å². The van der Waals surface area contributed by atoms with Crippen LogP contribution in [0.25, 0.3) is 0 Å². The van der Waals surface area contributed by atoms with Gasteiger partial charge in [0.25, 0.3) is 5.69 Å². The Morgan fingerprint density at radius 1 is 1.36 bits per heavy atom. The maximum absolute atomic E-state index is 10.9. The smallest absolute Gasteiger partial charge is 0.270 e. The minimum absolute atomic E-state index is 0.0337. The molecule has 0 aromatic heterocycles. The van der Waals surface area contributed by atoms with Crippen LogP contribution in [-0.4, -0.2) is 36.1 Å². The molecule has 0 aliphatic carbocycles. The van der Waals surface area contributed by atoms with Crippen LogP contribution >= 0.6 is 0 Å². The van der Waals surface area contributed by atoms with Crippen LogP contribution in [0.3, 0.4) is 0 Å². The predicted molar refractivity (Wildman–Crippen MR) is 76.8 cm³/mol. The highest BCUT2D eigenvalue weighted by Crippen LogP contribution is 2.55. The highest BCUT2D eigenvalue weighted by atomic mass is 16.7. The first-order valence-corrected chi connectivity index (χ1v) is 7.37. The van der Waals surface area contributed by atoms with Gasteiger partial charge in [0.2, 0.25) is 0 Å². The van der Waals surface area contributed by atoms with Gasteiger partial charge in [0, 0.05) is 30.9 Å². The summed E-state index contributed by atoms with van der Waals surface area (Å²) in [6.07, 6.45) is -0.997. The molecule has 22 heavy (non-hydrogen) atoms. The van der Waals surface area contributed by atoms with Gasteiger partial charge in [-0.3, -0.25) is 10.1 Å². The van der Waals surface area contributed by atoms with Crippen molar-refractivity contribution in [3.8, 4) is 5.75 Å². The van der Waals surface area contributed by atoms with Gasteiger partial charge in [-0.2, -0.15) is 0 Å². The third-order valence-electron chi connectivity index (χ3n) is 4.00. The number of epoxide rings is 1. The predicted octanol–water partition coefficient (Wildman–Crippen LogP) is 2.58. The standard InChI is InChI=1S/C15H19NO6/c1-4-19-14(20-5-2)15(3)13-12(21-13)10-8-9(16(17)18)6-7-11(10)22-15/h6-8,12-14H,4-5H2,1-3H3/t12-,13-,15-/m0/s1. The monoisotopic (exact) mass is 309 g/mol. The van der Waals surface area contributed by atoms with Crippen LogP contribution in [0.5, 0.6) is 5.75 Å². The number of fused-ring (bicyclic) bond motifs is 3. The molecular formula is C15H19NO6. The van der Waals surface area contributed by atoms with Gasteiger partial charge in [0.15, 0.2) is 11.9 Å². The molecule has 0 saturated carbocycles. The number of benzene rings is 1. The van der Waals surface area contributed by atoms with Crippen molar-refractivity contribution in [2.75, 3.05) is 13.2 Å². The molecule has 0 spiro atoms. The van der Waals surface area contributed by atoms with E-state index in [-0.39, 0.29) is 17.9 Å². The molecule has 2 aliphatic rings. The van der Waals surface area contributed by atoms with Crippen LogP contribution in [0.15, 0.2) is 18.2 Å². The first kappa shape index (κ1) is 15.2. The van der Waals surface area contributed by atoms with E-state index in [4.69, 9.17) is 18.9 Å². The van der Waals surface area contributed by atoms with E-state index < -0.39 is 16.8 Å². The third-order valence-corrected chi connectivity index (χ3v) is 4.00. The van der Waals surface area contributed by atoms with Crippen LogP contribution in [-0.2, 0) is 14.2 Å². The van der Waals surface area contributed by atoms with Crippen LogP contribution in [0.4, 0.5) is 5.69 Å². The molecule has 0 bridgehead atoms. The molecule has 1 saturated heterocycles. The van der Waals surface area contributed by atoms with E-state index in [1.165, 1.54) is 12.1 Å². The second-order valence-electron chi connectivity index (χ2n) is 5.49. The summed E-state index contributed by atoms with van der Waals surface area (Å²) >= 11 is 0. The van der Waals surface area contributed by atoms with Gasteiger partial charge >= 0.3 is 0 Å². The summed E-state index contributed by atoms with van der Waals surface area (Å²) in [5, 5.41) is 10.9. The highest BCUT2D eigenvalue weighted by Gasteiger charge is 2.63. The number of nitrogens with zero attached hydrogens (tertiary/aromatic N) is 1. The third kappa shape index (κ3) is 2.35. The lowest BCUT2D eigenvalue weighted by molar-refractivity contribution is -0.385. The minimum Gasteiger partial charge on any atom is -0.479 e. The van der Waals surface area contributed by atoms with E-state index >= 15 is 0 Å². The summed E-state index contributed by atoms with van der Waals surface area (Å²) in [5.74, 6) is 0.580. The number of rotatable bonds is 6. The average Bonchev–Trinajstić information content (AvgIpc) is 3.28. The molecule has 0 radical (unpaired) electrons. The summed E-state index contributed by atoms with van der Waals surface area (Å²) in [6, 6.07) is 4.55. The number of hydrogen-bond acceptors (Lipinski definition) is 6. The summed E-state index contributed by atoms with van der Waals surface area (Å²) < 4.78 is 23.1. The Bertz CT molecular complexity index is 585. The zero-order valence-corrected chi connectivity index (χ0v) is 12.8. The van der Waals surface area contributed by atoms with Gasteiger partial charge in [-0.15, -0.1) is 0 Å². The van der Waals surface area contributed by atoms with Crippen molar-refractivity contribution in [1.29, 1.82) is 0 Å². The number of ether oxygens (including phenoxy) is 4. The van der Waals surface area contributed by atoms with E-state index in [0.29, 0.717) is 24.5 Å². The molecule has 2 heterocycles. The van der Waals surface area contributed by atoms with Gasteiger partial charge in [0.05, 0.1) is 4.92 Å². The average molecular weight is 309 g/mol. The van der Waals surface area contributed by atoms with Crippen molar-refractivity contribution < 1.29 is 23.9 Å². The van der Waals surface area contributed by atoms with Gasteiger partial charge in [-0.05, 0) is 26.8 Å². The van der Waals surface area contributed by atoms with E-state index in [2.05, 4.69) is 0 Å². The molecule has 3 rings (SSSR count). The van der Waals surface area contributed by atoms with Crippen molar-refractivity contribution in [3.63, 3.8) is 0 Å². The Labute approximate surface area is 128 Å². The zero-order valence-electron chi connectivity index (χ0n) is 12.8. The topological polar surface area (TPSA) is 83.4 Å². The van der Waals surface area contributed by atoms with Crippen molar-refractivity contribution >= 4 is 5.69 Å².